The molecule has 0 saturated heterocycles. The highest BCUT2D eigenvalue weighted by Gasteiger charge is 2.25. The van der Waals surface area contributed by atoms with Crippen LogP contribution in [0.2, 0.25) is 0 Å². The Morgan fingerprint density at radius 2 is 2.00 bits per heavy atom. The van der Waals surface area contributed by atoms with Crippen LogP contribution in [0, 0.1) is 5.92 Å². The van der Waals surface area contributed by atoms with Crippen molar-refractivity contribution in [1.82, 2.24) is 0 Å². The van der Waals surface area contributed by atoms with Gasteiger partial charge in [-0.15, -0.1) is 0 Å². The van der Waals surface area contributed by atoms with Gasteiger partial charge in [0.05, 0.1) is 5.60 Å². The second kappa shape index (κ2) is 5.64. The minimum absolute atomic E-state index is 0.255. The first-order valence-corrected chi connectivity index (χ1v) is 5.55. The number of rotatable bonds is 4. The lowest BCUT2D eigenvalue weighted by atomic mass is 9.94. The van der Waals surface area contributed by atoms with Crippen LogP contribution in [0.4, 0.5) is 0 Å². The van der Waals surface area contributed by atoms with Crippen molar-refractivity contribution in [2.45, 2.75) is 51.9 Å². The predicted molar refractivity (Wildman–Crippen MR) is 59.2 cm³/mol. The Hall–Kier alpha value is -0.380. The summed E-state index contributed by atoms with van der Waals surface area (Å²) in [7, 11) is 1.66. The molecule has 3 nitrogen and oxygen atoms in total. The van der Waals surface area contributed by atoms with Crippen LogP contribution >= 0.6 is 0 Å². The molecule has 0 saturated carbocycles. The molecular weight excluding hydrogens is 192 g/mol. The number of hydrogen-bond donors (Lipinski definition) is 0. The molecule has 1 rings (SSSR count). The Morgan fingerprint density at radius 3 is 2.47 bits per heavy atom. The molecule has 0 aromatic carbocycles. The van der Waals surface area contributed by atoms with Crippen molar-refractivity contribution in [3.05, 3.63) is 12.2 Å². The lowest BCUT2D eigenvalue weighted by Gasteiger charge is -2.28. The van der Waals surface area contributed by atoms with E-state index in [1.807, 2.05) is 20.8 Å². The highest BCUT2D eigenvalue weighted by atomic mass is 17.2. The summed E-state index contributed by atoms with van der Waals surface area (Å²) in [6.45, 7) is 5.88. The molecule has 0 radical (unpaired) electrons. The van der Waals surface area contributed by atoms with E-state index in [1.165, 1.54) is 0 Å². The summed E-state index contributed by atoms with van der Waals surface area (Å²) >= 11 is 0. The van der Waals surface area contributed by atoms with E-state index in [2.05, 4.69) is 12.2 Å². The fourth-order valence-electron chi connectivity index (χ4n) is 1.57. The second-order valence-corrected chi connectivity index (χ2v) is 4.94. The highest BCUT2D eigenvalue weighted by Crippen LogP contribution is 2.25. The Balaban J connectivity index is 2.38. The van der Waals surface area contributed by atoms with Gasteiger partial charge in [0.1, 0.15) is 0 Å². The summed E-state index contributed by atoms with van der Waals surface area (Å²) in [4.78, 5) is 10.6. The fourth-order valence-corrected chi connectivity index (χ4v) is 1.57. The molecule has 1 aliphatic carbocycles. The molecule has 15 heavy (non-hydrogen) atoms. The Kier molecular flexibility index (Phi) is 4.77. The molecule has 0 aliphatic heterocycles. The van der Waals surface area contributed by atoms with Gasteiger partial charge >= 0.3 is 0 Å². The van der Waals surface area contributed by atoms with Crippen molar-refractivity contribution in [2.24, 2.45) is 5.92 Å². The van der Waals surface area contributed by atoms with Crippen LogP contribution in [0.1, 0.15) is 40.0 Å². The van der Waals surface area contributed by atoms with E-state index >= 15 is 0 Å². The van der Waals surface area contributed by atoms with Gasteiger partial charge in [-0.25, -0.2) is 9.78 Å². The standard InChI is InChI=1S/C12H22O3/c1-12(2,3)15-14-11(13-4)10-8-6-5-7-9-10/h5-6,10-11H,7-9H2,1-4H3. The van der Waals surface area contributed by atoms with E-state index in [4.69, 9.17) is 14.5 Å². The Bertz CT molecular complexity index is 205. The van der Waals surface area contributed by atoms with E-state index in [0.29, 0.717) is 5.92 Å². The average Bonchev–Trinajstić information content (AvgIpc) is 2.19. The first-order valence-electron chi connectivity index (χ1n) is 5.55. The molecule has 1 aliphatic rings. The minimum atomic E-state index is -0.290. The van der Waals surface area contributed by atoms with Gasteiger partial charge in [0.25, 0.3) is 0 Å². The van der Waals surface area contributed by atoms with Crippen molar-refractivity contribution in [3.63, 3.8) is 0 Å². The predicted octanol–water partition coefficient (Wildman–Crippen LogP) is 3.06. The lowest BCUT2D eigenvalue weighted by Crippen LogP contribution is -2.31. The molecule has 2 unspecified atom stereocenters. The zero-order valence-corrected chi connectivity index (χ0v) is 10.2. The number of hydrogen-bond acceptors (Lipinski definition) is 3. The summed E-state index contributed by atoms with van der Waals surface area (Å²) in [6, 6.07) is 0. The minimum Gasteiger partial charge on any atom is -0.353 e. The van der Waals surface area contributed by atoms with Crippen LogP contribution in [0.5, 0.6) is 0 Å². The molecule has 0 fully saturated rings. The second-order valence-electron chi connectivity index (χ2n) is 4.94. The van der Waals surface area contributed by atoms with E-state index in [0.717, 1.165) is 19.3 Å². The van der Waals surface area contributed by atoms with Crippen LogP contribution in [-0.4, -0.2) is 19.0 Å². The topological polar surface area (TPSA) is 27.7 Å². The molecule has 3 heteroatoms. The molecule has 0 heterocycles. The monoisotopic (exact) mass is 214 g/mol. The Morgan fingerprint density at radius 1 is 1.27 bits per heavy atom. The molecule has 0 aromatic rings. The van der Waals surface area contributed by atoms with Crippen molar-refractivity contribution in [3.8, 4) is 0 Å². The van der Waals surface area contributed by atoms with Crippen LogP contribution in [0.3, 0.4) is 0 Å². The van der Waals surface area contributed by atoms with E-state index < -0.39 is 0 Å². The fraction of sp³-hybridized carbons (Fsp3) is 0.833. The molecule has 0 aromatic heterocycles. The van der Waals surface area contributed by atoms with Gasteiger partial charge in [-0.2, -0.15) is 0 Å². The molecule has 0 amide bonds. The molecule has 2 atom stereocenters. The van der Waals surface area contributed by atoms with Crippen molar-refractivity contribution in [2.75, 3.05) is 7.11 Å². The van der Waals surface area contributed by atoms with Crippen LogP contribution in [0.25, 0.3) is 0 Å². The van der Waals surface area contributed by atoms with Gasteiger partial charge in [0.2, 0.25) is 0 Å². The maximum absolute atomic E-state index is 5.34. The van der Waals surface area contributed by atoms with Gasteiger partial charge in [-0.1, -0.05) is 12.2 Å². The number of allylic oxidation sites excluding steroid dienone is 2. The van der Waals surface area contributed by atoms with E-state index in [1.54, 1.807) is 7.11 Å². The summed E-state index contributed by atoms with van der Waals surface area (Å²) in [6.07, 6.45) is 7.33. The quantitative estimate of drug-likeness (QED) is 0.311. The van der Waals surface area contributed by atoms with E-state index in [-0.39, 0.29) is 11.9 Å². The van der Waals surface area contributed by atoms with Gasteiger partial charge in [-0.05, 0) is 40.0 Å². The first kappa shape index (κ1) is 12.7. The summed E-state index contributed by atoms with van der Waals surface area (Å²) in [5.41, 5.74) is -0.290. The first-order chi connectivity index (χ1) is 7.03. The summed E-state index contributed by atoms with van der Waals surface area (Å²) in [5, 5.41) is 0. The van der Waals surface area contributed by atoms with E-state index in [9.17, 15) is 0 Å². The molecule has 0 bridgehead atoms. The molecular formula is C12H22O3. The van der Waals surface area contributed by atoms with Crippen molar-refractivity contribution >= 4 is 0 Å². The van der Waals surface area contributed by atoms with Crippen molar-refractivity contribution in [1.29, 1.82) is 0 Å². The van der Waals surface area contributed by atoms with Gasteiger partial charge in [0.15, 0.2) is 6.29 Å². The third kappa shape index (κ3) is 4.78. The zero-order valence-electron chi connectivity index (χ0n) is 10.2. The zero-order chi connectivity index (χ0) is 11.3. The summed E-state index contributed by atoms with van der Waals surface area (Å²) in [5.74, 6) is 0.405. The largest absolute Gasteiger partial charge is 0.353 e. The van der Waals surface area contributed by atoms with Crippen LogP contribution in [0.15, 0.2) is 12.2 Å². The SMILES string of the molecule is COC(OOC(C)(C)C)C1CC=CCC1. The van der Waals surface area contributed by atoms with Crippen molar-refractivity contribution < 1.29 is 14.5 Å². The maximum atomic E-state index is 5.34. The van der Waals surface area contributed by atoms with Gasteiger partial charge in [0, 0.05) is 13.0 Å². The average molecular weight is 214 g/mol. The van der Waals surface area contributed by atoms with Gasteiger partial charge in [-0.3, -0.25) is 0 Å². The smallest absolute Gasteiger partial charge is 0.194 e. The third-order valence-corrected chi connectivity index (χ3v) is 2.32. The number of methoxy groups -OCH3 is 1. The summed E-state index contributed by atoms with van der Waals surface area (Å²) < 4.78 is 5.30. The third-order valence-electron chi connectivity index (χ3n) is 2.32. The molecule has 88 valence electrons. The highest BCUT2D eigenvalue weighted by molar-refractivity contribution is 4.90. The Labute approximate surface area is 92.3 Å². The maximum Gasteiger partial charge on any atom is 0.194 e. The molecule has 0 spiro atoms. The van der Waals surface area contributed by atoms with Gasteiger partial charge < -0.3 is 4.74 Å². The normalized spacial score (nSPS) is 24.1. The van der Waals surface area contributed by atoms with Crippen LogP contribution < -0.4 is 0 Å². The lowest BCUT2D eigenvalue weighted by molar-refractivity contribution is -0.422. The van der Waals surface area contributed by atoms with Crippen LogP contribution in [-0.2, 0) is 14.5 Å². The molecule has 0 N–H and O–H groups in total. The number of ether oxygens (including phenoxy) is 1.